The van der Waals surface area contributed by atoms with E-state index >= 15 is 0 Å². The number of aromatic nitrogens is 1. The second kappa shape index (κ2) is 5.47. The Morgan fingerprint density at radius 2 is 1.94 bits per heavy atom. The first kappa shape index (κ1) is 12.3. The molecular formula is C13H22N4. The van der Waals surface area contributed by atoms with Gasteiger partial charge in [-0.05, 0) is 25.5 Å². The molecule has 1 aromatic rings. The lowest BCUT2D eigenvalue weighted by Crippen LogP contribution is -2.48. The maximum absolute atomic E-state index is 5.58. The molecule has 1 aliphatic rings. The number of nitrogens with zero attached hydrogens (tertiary/aromatic N) is 3. The van der Waals surface area contributed by atoms with Crippen LogP contribution in [0.15, 0.2) is 18.3 Å². The van der Waals surface area contributed by atoms with Crippen LogP contribution in [0.2, 0.25) is 0 Å². The SMILES string of the molecule is CC(C)N1CCN(Cc2ccc(N)nc2)CC1. The summed E-state index contributed by atoms with van der Waals surface area (Å²) in [7, 11) is 0. The molecule has 0 saturated carbocycles. The van der Waals surface area contributed by atoms with Gasteiger partial charge in [0.25, 0.3) is 0 Å². The summed E-state index contributed by atoms with van der Waals surface area (Å²) in [6, 6.07) is 4.60. The van der Waals surface area contributed by atoms with Crippen LogP contribution in [0, 0.1) is 0 Å². The summed E-state index contributed by atoms with van der Waals surface area (Å²) >= 11 is 0. The van der Waals surface area contributed by atoms with Gasteiger partial charge in [-0.2, -0.15) is 0 Å². The van der Waals surface area contributed by atoms with E-state index in [0.29, 0.717) is 11.9 Å². The van der Waals surface area contributed by atoms with Crippen LogP contribution in [0.5, 0.6) is 0 Å². The number of pyridine rings is 1. The van der Waals surface area contributed by atoms with Crippen molar-refractivity contribution in [2.75, 3.05) is 31.9 Å². The third-order valence-corrected chi connectivity index (χ3v) is 3.39. The first-order valence-corrected chi connectivity index (χ1v) is 6.32. The van der Waals surface area contributed by atoms with E-state index < -0.39 is 0 Å². The Kier molecular flexibility index (Phi) is 3.97. The maximum atomic E-state index is 5.58. The van der Waals surface area contributed by atoms with Gasteiger partial charge in [-0.15, -0.1) is 0 Å². The fourth-order valence-electron chi connectivity index (χ4n) is 2.23. The molecule has 2 rings (SSSR count). The third kappa shape index (κ3) is 3.41. The molecule has 0 radical (unpaired) electrons. The maximum Gasteiger partial charge on any atom is 0.123 e. The van der Waals surface area contributed by atoms with Crippen LogP contribution in [0.25, 0.3) is 0 Å². The molecule has 4 nitrogen and oxygen atoms in total. The van der Waals surface area contributed by atoms with Gasteiger partial charge in [0.15, 0.2) is 0 Å². The topological polar surface area (TPSA) is 45.4 Å². The highest BCUT2D eigenvalue weighted by atomic mass is 15.3. The van der Waals surface area contributed by atoms with E-state index in [-0.39, 0.29) is 0 Å². The second-order valence-electron chi connectivity index (χ2n) is 5.00. The van der Waals surface area contributed by atoms with E-state index in [1.165, 1.54) is 18.7 Å². The van der Waals surface area contributed by atoms with Gasteiger partial charge >= 0.3 is 0 Å². The monoisotopic (exact) mass is 234 g/mol. The third-order valence-electron chi connectivity index (χ3n) is 3.39. The van der Waals surface area contributed by atoms with Crippen molar-refractivity contribution in [1.82, 2.24) is 14.8 Å². The first-order chi connectivity index (χ1) is 8.15. The lowest BCUT2D eigenvalue weighted by molar-refractivity contribution is 0.104. The Morgan fingerprint density at radius 1 is 1.24 bits per heavy atom. The van der Waals surface area contributed by atoms with Crippen molar-refractivity contribution in [1.29, 1.82) is 0 Å². The second-order valence-corrected chi connectivity index (χ2v) is 5.00. The molecule has 1 saturated heterocycles. The van der Waals surface area contributed by atoms with E-state index in [1.54, 1.807) is 0 Å². The summed E-state index contributed by atoms with van der Waals surface area (Å²) < 4.78 is 0. The summed E-state index contributed by atoms with van der Waals surface area (Å²) in [6.45, 7) is 10.1. The number of nitrogens with two attached hydrogens (primary N) is 1. The molecule has 0 spiro atoms. The van der Waals surface area contributed by atoms with Crippen LogP contribution in [0.4, 0.5) is 5.82 Å². The fraction of sp³-hybridized carbons (Fsp3) is 0.615. The van der Waals surface area contributed by atoms with Crippen LogP contribution in [-0.2, 0) is 6.54 Å². The Bertz CT molecular complexity index is 339. The van der Waals surface area contributed by atoms with E-state index in [2.05, 4.69) is 34.7 Å². The molecule has 0 aromatic carbocycles. The Balaban J connectivity index is 1.84. The zero-order valence-corrected chi connectivity index (χ0v) is 10.8. The van der Waals surface area contributed by atoms with Gasteiger partial charge in [-0.1, -0.05) is 6.07 Å². The largest absolute Gasteiger partial charge is 0.384 e. The van der Waals surface area contributed by atoms with Gasteiger partial charge in [0.05, 0.1) is 0 Å². The summed E-state index contributed by atoms with van der Waals surface area (Å²) in [5.74, 6) is 0.596. The number of piperazine rings is 1. The molecule has 0 bridgehead atoms. The van der Waals surface area contributed by atoms with Crippen molar-refractivity contribution >= 4 is 5.82 Å². The zero-order valence-electron chi connectivity index (χ0n) is 10.8. The Morgan fingerprint density at radius 3 is 2.47 bits per heavy atom. The molecular weight excluding hydrogens is 212 g/mol. The fourth-order valence-corrected chi connectivity index (χ4v) is 2.23. The summed E-state index contributed by atoms with van der Waals surface area (Å²) in [6.07, 6.45) is 1.88. The highest BCUT2D eigenvalue weighted by molar-refractivity contribution is 5.29. The number of hydrogen-bond acceptors (Lipinski definition) is 4. The molecule has 0 unspecified atom stereocenters. The van der Waals surface area contributed by atoms with Crippen LogP contribution in [0.3, 0.4) is 0 Å². The Hall–Kier alpha value is -1.13. The average molecular weight is 234 g/mol. The van der Waals surface area contributed by atoms with Crippen molar-refractivity contribution in [3.8, 4) is 0 Å². The van der Waals surface area contributed by atoms with Gasteiger partial charge in [0.2, 0.25) is 0 Å². The van der Waals surface area contributed by atoms with Crippen molar-refractivity contribution in [3.05, 3.63) is 23.9 Å². The smallest absolute Gasteiger partial charge is 0.123 e. The predicted octanol–water partition coefficient (Wildman–Crippen LogP) is 1.19. The average Bonchev–Trinajstić information content (AvgIpc) is 2.33. The van der Waals surface area contributed by atoms with E-state index in [4.69, 9.17) is 5.73 Å². The van der Waals surface area contributed by atoms with Gasteiger partial charge in [0, 0.05) is 45.0 Å². The van der Waals surface area contributed by atoms with Gasteiger partial charge < -0.3 is 5.73 Å². The van der Waals surface area contributed by atoms with E-state index in [9.17, 15) is 0 Å². The van der Waals surface area contributed by atoms with Gasteiger partial charge in [0.1, 0.15) is 5.82 Å². The highest BCUT2D eigenvalue weighted by Gasteiger charge is 2.18. The molecule has 0 amide bonds. The minimum absolute atomic E-state index is 0.596. The zero-order chi connectivity index (χ0) is 12.3. The van der Waals surface area contributed by atoms with Crippen molar-refractivity contribution < 1.29 is 0 Å². The molecule has 4 heteroatoms. The molecule has 2 heterocycles. The lowest BCUT2D eigenvalue weighted by atomic mass is 10.2. The highest BCUT2D eigenvalue weighted by Crippen LogP contribution is 2.10. The number of hydrogen-bond donors (Lipinski definition) is 1. The van der Waals surface area contributed by atoms with Crippen molar-refractivity contribution in [3.63, 3.8) is 0 Å². The molecule has 1 aliphatic heterocycles. The molecule has 0 aliphatic carbocycles. The van der Waals surface area contributed by atoms with Crippen LogP contribution in [0.1, 0.15) is 19.4 Å². The standard InChI is InChI=1S/C13H22N4/c1-11(2)17-7-5-16(6-8-17)10-12-3-4-13(14)15-9-12/h3-4,9,11H,5-8,10H2,1-2H3,(H2,14,15). The summed E-state index contributed by atoms with van der Waals surface area (Å²) in [5, 5.41) is 0. The van der Waals surface area contributed by atoms with Gasteiger partial charge in [-0.3, -0.25) is 9.80 Å². The number of anilines is 1. The molecule has 1 fully saturated rings. The van der Waals surface area contributed by atoms with Gasteiger partial charge in [-0.25, -0.2) is 4.98 Å². The summed E-state index contributed by atoms with van der Waals surface area (Å²) in [5.41, 5.74) is 6.83. The first-order valence-electron chi connectivity index (χ1n) is 6.32. The van der Waals surface area contributed by atoms with Crippen LogP contribution >= 0.6 is 0 Å². The van der Waals surface area contributed by atoms with E-state index in [1.807, 2.05) is 12.3 Å². The number of rotatable bonds is 3. The van der Waals surface area contributed by atoms with E-state index in [0.717, 1.165) is 19.6 Å². The lowest BCUT2D eigenvalue weighted by Gasteiger charge is -2.36. The Labute approximate surface area is 103 Å². The normalized spacial score (nSPS) is 18.8. The molecule has 2 N–H and O–H groups in total. The number of nitrogen functional groups attached to an aromatic ring is 1. The van der Waals surface area contributed by atoms with Crippen molar-refractivity contribution in [2.24, 2.45) is 0 Å². The quantitative estimate of drug-likeness (QED) is 0.853. The molecule has 17 heavy (non-hydrogen) atoms. The minimum atomic E-state index is 0.596. The molecule has 0 atom stereocenters. The van der Waals surface area contributed by atoms with Crippen LogP contribution in [-0.4, -0.2) is 47.0 Å². The minimum Gasteiger partial charge on any atom is -0.384 e. The molecule has 1 aromatic heterocycles. The summed E-state index contributed by atoms with van der Waals surface area (Å²) in [4.78, 5) is 9.13. The van der Waals surface area contributed by atoms with Crippen molar-refractivity contribution in [2.45, 2.75) is 26.4 Å². The molecule has 94 valence electrons. The predicted molar refractivity (Wildman–Crippen MR) is 70.6 cm³/mol. The van der Waals surface area contributed by atoms with Crippen LogP contribution < -0.4 is 5.73 Å².